The zero-order valence-electron chi connectivity index (χ0n) is 10.4. The summed E-state index contributed by atoms with van der Waals surface area (Å²) < 4.78 is 0. The van der Waals surface area contributed by atoms with Crippen LogP contribution in [0.15, 0.2) is 24.5 Å². The lowest BCUT2D eigenvalue weighted by Gasteiger charge is -2.21. The van der Waals surface area contributed by atoms with Gasteiger partial charge < -0.3 is 16.0 Å². The van der Waals surface area contributed by atoms with Crippen LogP contribution < -0.4 is 11.1 Å². The van der Waals surface area contributed by atoms with Crippen LogP contribution in [0.5, 0.6) is 0 Å². The second-order valence-corrected chi connectivity index (χ2v) is 4.11. The van der Waals surface area contributed by atoms with Crippen molar-refractivity contribution in [3.8, 4) is 0 Å². The van der Waals surface area contributed by atoms with Crippen molar-refractivity contribution in [2.24, 2.45) is 5.73 Å². The Bertz CT molecular complexity index is 342. The Balaban J connectivity index is 2.34. The van der Waals surface area contributed by atoms with Crippen molar-refractivity contribution in [2.75, 3.05) is 27.2 Å². The summed E-state index contributed by atoms with van der Waals surface area (Å²) in [5, 5.41) is 2.90. The number of nitrogens with two attached hydrogens (primary N) is 1. The molecule has 94 valence electrons. The number of carbonyl (C=O) groups is 1. The molecule has 0 bridgehead atoms. The number of hydrogen-bond acceptors (Lipinski definition) is 4. The van der Waals surface area contributed by atoms with Crippen molar-refractivity contribution in [3.63, 3.8) is 0 Å². The molecule has 5 nitrogen and oxygen atoms in total. The Kier molecular flexibility index (Phi) is 5.59. The molecule has 0 spiro atoms. The van der Waals surface area contributed by atoms with Gasteiger partial charge in [-0.2, -0.15) is 0 Å². The molecule has 1 rings (SSSR count). The fourth-order valence-corrected chi connectivity index (χ4v) is 1.60. The van der Waals surface area contributed by atoms with Gasteiger partial charge in [0, 0.05) is 25.5 Å². The summed E-state index contributed by atoms with van der Waals surface area (Å²) in [6, 6.07) is 3.70. The first kappa shape index (κ1) is 13.6. The topological polar surface area (TPSA) is 71.2 Å². The van der Waals surface area contributed by atoms with Crippen LogP contribution in [0.3, 0.4) is 0 Å². The predicted molar refractivity (Wildman–Crippen MR) is 67.5 cm³/mol. The molecule has 0 aliphatic carbocycles. The molecule has 5 heteroatoms. The van der Waals surface area contributed by atoms with Crippen LogP contribution in [0, 0.1) is 0 Å². The minimum Gasteiger partial charge on any atom is -0.368 e. The molecular weight excluding hydrogens is 216 g/mol. The van der Waals surface area contributed by atoms with Gasteiger partial charge in [0.1, 0.15) is 0 Å². The number of nitrogens with zero attached hydrogens (tertiary/aromatic N) is 2. The largest absolute Gasteiger partial charge is 0.368 e. The second kappa shape index (κ2) is 6.98. The van der Waals surface area contributed by atoms with E-state index in [0.717, 1.165) is 13.0 Å². The van der Waals surface area contributed by atoms with E-state index in [1.165, 1.54) is 5.56 Å². The highest BCUT2D eigenvalue weighted by Crippen LogP contribution is 1.99. The molecule has 17 heavy (non-hydrogen) atoms. The molecule has 1 aromatic heterocycles. The van der Waals surface area contributed by atoms with E-state index in [0.29, 0.717) is 6.54 Å². The zero-order valence-corrected chi connectivity index (χ0v) is 10.4. The summed E-state index contributed by atoms with van der Waals surface area (Å²) in [6.45, 7) is 1.51. The van der Waals surface area contributed by atoms with Crippen molar-refractivity contribution >= 4 is 5.91 Å². The highest BCUT2D eigenvalue weighted by atomic mass is 16.1. The van der Waals surface area contributed by atoms with Crippen LogP contribution in [0.1, 0.15) is 5.56 Å². The van der Waals surface area contributed by atoms with Crippen LogP contribution in [0.25, 0.3) is 0 Å². The van der Waals surface area contributed by atoms with E-state index in [-0.39, 0.29) is 11.9 Å². The van der Waals surface area contributed by atoms with E-state index < -0.39 is 0 Å². The third-order valence-corrected chi connectivity index (χ3v) is 2.72. The number of likely N-dealkylation sites (N-methyl/N-ethyl adjacent to an activating group) is 2. The van der Waals surface area contributed by atoms with E-state index in [9.17, 15) is 4.79 Å². The van der Waals surface area contributed by atoms with Gasteiger partial charge in [0.05, 0.1) is 6.04 Å². The highest BCUT2D eigenvalue weighted by Gasteiger charge is 2.14. The monoisotopic (exact) mass is 236 g/mol. The number of nitrogens with one attached hydrogen (secondary N) is 1. The fourth-order valence-electron chi connectivity index (χ4n) is 1.60. The highest BCUT2D eigenvalue weighted by molar-refractivity contribution is 5.80. The third-order valence-electron chi connectivity index (χ3n) is 2.72. The van der Waals surface area contributed by atoms with Gasteiger partial charge in [-0.3, -0.25) is 9.78 Å². The van der Waals surface area contributed by atoms with E-state index in [1.54, 1.807) is 19.4 Å². The molecule has 1 heterocycles. The average molecular weight is 236 g/mol. The first-order valence-corrected chi connectivity index (χ1v) is 5.67. The molecule has 0 saturated carbocycles. The number of carbonyl (C=O) groups excluding carboxylic acids is 1. The SMILES string of the molecule is CNC(CN(C)CCc1ccncc1)C(N)=O. The van der Waals surface area contributed by atoms with Crippen molar-refractivity contribution in [2.45, 2.75) is 12.5 Å². The first-order valence-electron chi connectivity index (χ1n) is 5.67. The Morgan fingerprint density at radius 2 is 2.18 bits per heavy atom. The van der Waals surface area contributed by atoms with Gasteiger partial charge in [-0.25, -0.2) is 0 Å². The Hall–Kier alpha value is -1.46. The lowest BCUT2D eigenvalue weighted by atomic mass is 10.2. The maximum Gasteiger partial charge on any atom is 0.235 e. The van der Waals surface area contributed by atoms with Gasteiger partial charge in [-0.05, 0) is 38.2 Å². The Labute approximate surface area is 102 Å². The van der Waals surface area contributed by atoms with Crippen LogP contribution in [-0.4, -0.2) is 49.0 Å². The third kappa shape index (κ3) is 4.93. The molecule has 0 aliphatic rings. The number of rotatable bonds is 7. The molecule has 0 aliphatic heterocycles. The lowest BCUT2D eigenvalue weighted by Crippen LogP contribution is -2.47. The van der Waals surface area contributed by atoms with Gasteiger partial charge in [0.25, 0.3) is 0 Å². The lowest BCUT2D eigenvalue weighted by molar-refractivity contribution is -0.120. The minimum atomic E-state index is -0.316. The minimum absolute atomic E-state index is 0.294. The van der Waals surface area contributed by atoms with Crippen molar-refractivity contribution in [1.82, 2.24) is 15.2 Å². The first-order chi connectivity index (χ1) is 8.13. The summed E-state index contributed by atoms with van der Waals surface area (Å²) in [7, 11) is 3.72. The number of hydrogen-bond donors (Lipinski definition) is 2. The Morgan fingerprint density at radius 3 is 2.71 bits per heavy atom. The molecule has 0 radical (unpaired) electrons. The normalized spacial score (nSPS) is 12.6. The van der Waals surface area contributed by atoms with Gasteiger partial charge in [0.15, 0.2) is 0 Å². The molecule has 0 saturated heterocycles. The second-order valence-electron chi connectivity index (χ2n) is 4.11. The number of pyridine rings is 1. The smallest absolute Gasteiger partial charge is 0.235 e. The summed E-state index contributed by atoms with van der Waals surface area (Å²) >= 11 is 0. The molecule has 3 N–H and O–H groups in total. The van der Waals surface area contributed by atoms with E-state index in [2.05, 4.69) is 15.2 Å². The van der Waals surface area contributed by atoms with Crippen molar-refractivity contribution in [1.29, 1.82) is 0 Å². The maximum absolute atomic E-state index is 11.1. The summed E-state index contributed by atoms with van der Waals surface area (Å²) in [5.41, 5.74) is 6.51. The van der Waals surface area contributed by atoms with Gasteiger partial charge in [-0.1, -0.05) is 0 Å². The Morgan fingerprint density at radius 1 is 1.53 bits per heavy atom. The van der Waals surface area contributed by atoms with Crippen LogP contribution in [0.4, 0.5) is 0 Å². The number of amides is 1. The molecule has 1 atom stereocenters. The maximum atomic E-state index is 11.1. The van der Waals surface area contributed by atoms with Gasteiger partial charge in [0.2, 0.25) is 5.91 Å². The standard InChI is InChI=1S/C12H20N4O/c1-14-11(12(13)17)9-16(2)8-5-10-3-6-15-7-4-10/h3-4,6-7,11,14H,5,8-9H2,1-2H3,(H2,13,17). The fraction of sp³-hybridized carbons (Fsp3) is 0.500. The predicted octanol–water partition coefficient (Wildman–Crippen LogP) is -0.371. The average Bonchev–Trinajstić information content (AvgIpc) is 2.34. The molecule has 0 fully saturated rings. The molecular formula is C12H20N4O. The molecule has 1 amide bonds. The zero-order chi connectivity index (χ0) is 12.7. The van der Waals surface area contributed by atoms with Crippen LogP contribution in [-0.2, 0) is 11.2 Å². The van der Waals surface area contributed by atoms with E-state index >= 15 is 0 Å². The van der Waals surface area contributed by atoms with Crippen LogP contribution >= 0.6 is 0 Å². The molecule has 0 aromatic carbocycles. The summed E-state index contributed by atoms with van der Waals surface area (Å²) in [5.74, 6) is -0.316. The summed E-state index contributed by atoms with van der Waals surface area (Å²) in [4.78, 5) is 17.1. The van der Waals surface area contributed by atoms with Crippen molar-refractivity contribution < 1.29 is 4.79 Å². The van der Waals surface area contributed by atoms with Gasteiger partial charge >= 0.3 is 0 Å². The number of aromatic nitrogens is 1. The van der Waals surface area contributed by atoms with E-state index in [4.69, 9.17) is 5.73 Å². The van der Waals surface area contributed by atoms with Crippen molar-refractivity contribution in [3.05, 3.63) is 30.1 Å². The van der Waals surface area contributed by atoms with E-state index in [1.807, 2.05) is 19.2 Å². The summed E-state index contributed by atoms with van der Waals surface area (Å²) in [6.07, 6.45) is 4.51. The quantitative estimate of drug-likeness (QED) is 0.677. The molecule has 1 unspecified atom stereocenters. The van der Waals surface area contributed by atoms with Gasteiger partial charge in [-0.15, -0.1) is 0 Å². The van der Waals surface area contributed by atoms with Crippen LogP contribution in [0.2, 0.25) is 0 Å². The molecule has 1 aromatic rings. The number of primary amides is 1.